The van der Waals surface area contributed by atoms with Gasteiger partial charge in [-0.1, -0.05) is 18.5 Å². The Bertz CT molecular complexity index is 1090. The average molecular weight is 418 g/mol. The molecule has 2 unspecified atom stereocenters. The molecule has 11 heteroatoms. The molecule has 0 saturated carbocycles. The predicted molar refractivity (Wildman–Crippen MR) is 105 cm³/mol. The van der Waals surface area contributed by atoms with Gasteiger partial charge in [0.1, 0.15) is 12.4 Å². The summed E-state index contributed by atoms with van der Waals surface area (Å²) in [4.78, 5) is 30.2. The zero-order valence-electron chi connectivity index (χ0n) is 15.9. The highest BCUT2D eigenvalue weighted by molar-refractivity contribution is 6.33. The summed E-state index contributed by atoms with van der Waals surface area (Å²) in [5.41, 5.74) is 1.18. The number of carbonyl (C=O) groups excluding carboxylic acids is 1. The Balaban J connectivity index is 1.57. The molecule has 1 aliphatic heterocycles. The molecule has 0 bridgehead atoms. The maximum absolute atomic E-state index is 13.0. The van der Waals surface area contributed by atoms with E-state index in [0.717, 1.165) is 6.42 Å². The van der Waals surface area contributed by atoms with Crippen molar-refractivity contribution in [2.45, 2.75) is 25.8 Å². The molecule has 29 heavy (non-hydrogen) atoms. The zero-order valence-corrected chi connectivity index (χ0v) is 16.7. The number of amides is 2. The number of nitrogens with zero attached hydrogens (tertiary/aromatic N) is 5. The highest BCUT2D eigenvalue weighted by Gasteiger charge is 2.34. The van der Waals surface area contributed by atoms with Crippen molar-refractivity contribution in [2.75, 3.05) is 11.9 Å². The van der Waals surface area contributed by atoms with Gasteiger partial charge in [0, 0.05) is 24.8 Å². The smallest absolute Gasteiger partial charge is 0.390 e. The number of H-pyrrole nitrogens is 1. The van der Waals surface area contributed by atoms with Crippen LogP contribution in [0.5, 0.6) is 0 Å². The van der Waals surface area contributed by atoms with E-state index in [1.54, 1.807) is 41.2 Å². The number of aromatic nitrogens is 5. The number of nitrogens with one attached hydrogen (secondary N) is 2. The molecule has 0 radical (unpaired) electrons. The summed E-state index contributed by atoms with van der Waals surface area (Å²) in [5, 5.41) is 13.8. The molecule has 2 atom stereocenters. The van der Waals surface area contributed by atoms with Gasteiger partial charge in [0.25, 0.3) is 0 Å². The Labute approximate surface area is 170 Å². The lowest BCUT2D eigenvalue weighted by atomic mass is 9.92. The number of urea groups is 1. The van der Waals surface area contributed by atoms with Gasteiger partial charge >= 0.3 is 11.8 Å². The number of aryl methyl sites for hydroxylation is 1. The summed E-state index contributed by atoms with van der Waals surface area (Å²) in [7, 11) is 1.76. The van der Waals surface area contributed by atoms with E-state index < -0.39 is 11.8 Å². The monoisotopic (exact) mass is 417 g/mol. The summed E-state index contributed by atoms with van der Waals surface area (Å²) in [6.07, 6.45) is 3.08. The number of halogens is 1. The Hall–Kier alpha value is -3.14. The summed E-state index contributed by atoms with van der Waals surface area (Å²) in [5.74, 6) is 0.426. The van der Waals surface area contributed by atoms with E-state index in [0.29, 0.717) is 41.0 Å². The Morgan fingerprint density at radius 2 is 2.24 bits per heavy atom. The number of hydrogen-bond acceptors (Lipinski definition) is 6. The van der Waals surface area contributed by atoms with E-state index in [1.807, 2.05) is 0 Å². The van der Waals surface area contributed by atoms with Crippen LogP contribution in [-0.2, 0) is 7.05 Å². The van der Waals surface area contributed by atoms with Crippen LogP contribution in [0, 0.1) is 5.92 Å². The van der Waals surface area contributed by atoms with Gasteiger partial charge in [0.2, 0.25) is 5.89 Å². The number of piperidine rings is 1. The highest BCUT2D eigenvalue weighted by Crippen LogP contribution is 2.34. The number of aromatic amines is 1. The first-order chi connectivity index (χ1) is 13.9. The second kappa shape index (κ2) is 7.70. The number of anilines is 1. The van der Waals surface area contributed by atoms with Gasteiger partial charge in [-0.15, -0.1) is 5.10 Å². The Morgan fingerprint density at radius 3 is 2.93 bits per heavy atom. The predicted octanol–water partition coefficient (Wildman–Crippen LogP) is 2.82. The molecule has 1 aromatic carbocycles. The van der Waals surface area contributed by atoms with Crippen molar-refractivity contribution in [3.05, 3.63) is 46.0 Å². The number of benzene rings is 1. The Morgan fingerprint density at radius 1 is 1.41 bits per heavy atom. The molecular weight excluding hydrogens is 398 g/mol. The summed E-state index contributed by atoms with van der Waals surface area (Å²) >= 11 is 6.28. The topological polar surface area (TPSA) is 122 Å². The van der Waals surface area contributed by atoms with E-state index in [4.69, 9.17) is 16.0 Å². The molecule has 3 aromatic rings. The molecule has 0 aliphatic carbocycles. The van der Waals surface area contributed by atoms with Crippen LogP contribution in [0.25, 0.3) is 11.4 Å². The van der Waals surface area contributed by atoms with Crippen LogP contribution in [0.2, 0.25) is 5.02 Å². The van der Waals surface area contributed by atoms with Crippen LogP contribution < -0.4 is 11.1 Å². The third kappa shape index (κ3) is 4.02. The molecule has 2 N–H and O–H groups in total. The molecule has 3 heterocycles. The first kappa shape index (κ1) is 19.2. The summed E-state index contributed by atoms with van der Waals surface area (Å²) in [6, 6.07) is 4.40. The fourth-order valence-corrected chi connectivity index (χ4v) is 3.64. The minimum Gasteiger partial charge on any atom is -0.390 e. The number of hydrogen-bond donors (Lipinski definition) is 2. The van der Waals surface area contributed by atoms with E-state index in [1.165, 1.54) is 0 Å². The second-order valence-electron chi connectivity index (χ2n) is 7.16. The molecule has 10 nitrogen and oxygen atoms in total. The quantitative estimate of drug-likeness (QED) is 0.675. The number of likely N-dealkylation sites (tertiary alicyclic amines) is 1. The highest BCUT2D eigenvalue weighted by atomic mass is 35.5. The molecule has 1 saturated heterocycles. The van der Waals surface area contributed by atoms with Crippen molar-refractivity contribution in [2.24, 2.45) is 13.0 Å². The summed E-state index contributed by atoms with van der Waals surface area (Å²) < 4.78 is 6.69. The minimum absolute atomic E-state index is 0.214. The summed E-state index contributed by atoms with van der Waals surface area (Å²) in [6.45, 7) is 2.62. The van der Waals surface area contributed by atoms with E-state index in [2.05, 4.69) is 32.5 Å². The normalized spacial score (nSPS) is 19.3. The number of carbonyl (C=O) groups is 1. The molecule has 4 rings (SSSR count). The van der Waals surface area contributed by atoms with Crippen molar-refractivity contribution >= 4 is 23.3 Å². The van der Waals surface area contributed by atoms with Crippen LogP contribution in [0.15, 0.2) is 33.7 Å². The second-order valence-corrected chi connectivity index (χ2v) is 7.56. The Kier molecular flexibility index (Phi) is 5.10. The molecule has 1 aliphatic rings. The fraction of sp³-hybridized carbons (Fsp3) is 0.389. The maximum atomic E-state index is 13.0. The van der Waals surface area contributed by atoms with Crippen molar-refractivity contribution < 1.29 is 9.21 Å². The van der Waals surface area contributed by atoms with Gasteiger partial charge in [-0.3, -0.25) is 4.68 Å². The third-order valence-electron chi connectivity index (χ3n) is 4.92. The van der Waals surface area contributed by atoms with Gasteiger partial charge in [0.05, 0.1) is 5.02 Å². The number of rotatable bonds is 3. The lowest BCUT2D eigenvalue weighted by Gasteiger charge is -2.36. The lowest BCUT2D eigenvalue weighted by Crippen LogP contribution is -2.43. The standard InChI is InChI=1S/C18H20ClN7O3/c1-10-5-6-26(14(7-10)16-22-23-18(28)29-16)17(27)21-11-3-4-13(19)12(8-11)15-20-9-25(2)24-15/h3-4,8-10,14H,5-7H2,1-2H3,(H,21,27)(H,23,28). The largest absolute Gasteiger partial charge is 0.434 e. The third-order valence-corrected chi connectivity index (χ3v) is 5.25. The van der Waals surface area contributed by atoms with Gasteiger partial charge in [0.15, 0.2) is 5.82 Å². The van der Waals surface area contributed by atoms with Crippen LogP contribution in [0.1, 0.15) is 31.7 Å². The van der Waals surface area contributed by atoms with Gasteiger partial charge in [-0.25, -0.2) is 19.7 Å². The van der Waals surface area contributed by atoms with Crippen molar-refractivity contribution in [3.63, 3.8) is 0 Å². The molecule has 1 fully saturated rings. The molecule has 2 aromatic heterocycles. The maximum Gasteiger partial charge on any atom is 0.434 e. The van der Waals surface area contributed by atoms with Crippen LogP contribution >= 0.6 is 11.6 Å². The first-order valence-electron chi connectivity index (χ1n) is 9.19. The lowest BCUT2D eigenvalue weighted by molar-refractivity contribution is 0.124. The van der Waals surface area contributed by atoms with Gasteiger partial charge in [-0.05, 0) is 37.0 Å². The van der Waals surface area contributed by atoms with Crippen molar-refractivity contribution in [1.82, 2.24) is 29.9 Å². The fourth-order valence-electron chi connectivity index (χ4n) is 3.43. The average Bonchev–Trinajstić information content (AvgIpc) is 3.31. The molecule has 0 spiro atoms. The van der Waals surface area contributed by atoms with E-state index >= 15 is 0 Å². The van der Waals surface area contributed by atoms with E-state index in [-0.39, 0.29) is 11.9 Å². The van der Waals surface area contributed by atoms with Crippen LogP contribution in [0.4, 0.5) is 10.5 Å². The van der Waals surface area contributed by atoms with Crippen LogP contribution in [0.3, 0.4) is 0 Å². The first-order valence-corrected chi connectivity index (χ1v) is 9.57. The van der Waals surface area contributed by atoms with Crippen molar-refractivity contribution in [3.8, 4) is 11.4 Å². The van der Waals surface area contributed by atoms with Crippen LogP contribution in [-0.4, -0.2) is 42.4 Å². The molecule has 2 amide bonds. The van der Waals surface area contributed by atoms with E-state index in [9.17, 15) is 9.59 Å². The minimum atomic E-state index is -0.635. The molecule has 152 valence electrons. The van der Waals surface area contributed by atoms with Gasteiger partial charge in [-0.2, -0.15) is 5.10 Å². The molecular formula is C18H20ClN7O3. The van der Waals surface area contributed by atoms with Gasteiger partial charge < -0.3 is 14.6 Å². The zero-order chi connectivity index (χ0) is 20.5. The van der Waals surface area contributed by atoms with Crippen molar-refractivity contribution in [1.29, 1.82) is 0 Å². The SMILES string of the molecule is CC1CCN(C(=O)Nc2ccc(Cl)c(-c3ncn(C)n3)c2)C(c2n[nH]c(=O)o2)C1.